The average Bonchev–Trinajstić information content (AvgIpc) is 3.06. The van der Waals surface area contributed by atoms with E-state index in [1.165, 1.54) is 15.4 Å². The van der Waals surface area contributed by atoms with Gasteiger partial charge in [-0.25, -0.2) is 9.18 Å². The topological polar surface area (TPSA) is 61.9 Å². The van der Waals surface area contributed by atoms with Crippen molar-refractivity contribution in [3.63, 3.8) is 0 Å². The summed E-state index contributed by atoms with van der Waals surface area (Å²) in [6.45, 7) is 4.10. The van der Waals surface area contributed by atoms with E-state index in [1.54, 1.807) is 25.2 Å². The highest BCUT2D eigenvalue weighted by molar-refractivity contribution is 5.66. The number of aromatic nitrogens is 4. The van der Waals surface area contributed by atoms with Gasteiger partial charge in [-0.05, 0) is 59.7 Å². The zero-order chi connectivity index (χ0) is 21.3. The van der Waals surface area contributed by atoms with Crippen LogP contribution in [0.25, 0.3) is 16.8 Å². The molecule has 0 saturated carbocycles. The molecule has 0 amide bonds. The van der Waals surface area contributed by atoms with Crippen LogP contribution in [-0.4, -0.2) is 19.8 Å². The maximum Gasteiger partial charge on any atom is 0.368 e. The van der Waals surface area contributed by atoms with Crippen molar-refractivity contribution in [3.05, 3.63) is 93.7 Å². The second-order valence-corrected chi connectivity index (χ2v) is 7.17. The molecule has 0 aliphatic carbocycles. The van der Waals surface area contributed by atoms with E-state index < -0.39 is 0 Å². The van der Waals surface area contributed by atoms with Crippen LogP contribution in [0.3, 0.4) is 0 Å². The van der Waals surface area contributed by atoms with Gasteiger partial charge >= 0.3 is 5.69 Å². The summed E-state index contributed by atoms with van der Waals surface area (Å²) in [6, 6.07) is 17.9. The van der Waals surface area contributed by atoms with Gasteiger partial charge < -0.3 is 4.74 Å². The molecule has 0 atom stereocenters. The Morgan fingerprint density at radius 2 is 1.80 bits per heavy atom. The van der Waals surface area contributed by atoms with Crippen molar-refractivity contribution in [2.24, 2.45) is 7.05 Å². The molecule has 1 heterocycles. The first-order chi connectivity index (χ1) is 14.4. The maximum absolute atomic E-state index is 14.4. The highest BCUT2D eigenvalue weighted by Crippen LogP contribution is 2.29. The number of ether oxygens (including phenoxy) is 1. The van der Waals surface area contributed by atoms with Gasteiger partial charge in [-0.1, -0.05) is 42.0 Å². The summed E-state index contributed by atoms with van der Waals surface area (Å²) in [5, 5.41) is 7.71. The number of tetrazole rings is 1. The van der Waals surface area contributed by atoms with Crippen molar-refractivity contribution in [2.75, 3.05) is 0 Å². The van der Waals surface area contributed by atoms with Gasteiger partial charge in [-0.15, -0.1) is 0 Å². The smallest absolute Gasteiger partial charge is 0.368 e. The highest BCUT2D eigenvalue weighted by atomic mass is 19.1. The zero-order valence-electron chi connectivity index (χ0n) is 17.0. The summed E-state index contributed by atoms with van der Waals surface area (Å²) < 4.78 is 22.8. The van der Waals surface area contributed by atoms with Crippen LogP contribution in [-0.2, 0) is 13.7 Å². The SMILES string of the molecule is Cc1cccc(-c2cc(OCc3c(C)cccc3-n3nnn(C)c3=O)ccc2F)c1. The predicted molar refractivity (Wildman–Crippen MR) is 112 cm³/mol. The Bertz CT molecular complexity index is 1280. The van der Waals surface area contributed by atoms with Crippen molar-refractivity contribution < 1.29 is 9.13 Å². The lowest BCUT2D eigenvalue weighted by Gasteiger charge is -2.14. The molecule has 1 aromatic heterocycles. The maximum atomic E-state index is 14.4. The van der Waals surface area contributed by atoms with Crippen LogP contribution in [0.4, 0.5) is 4.39 Å². The van der Waals surface area contributed by atoms with Gasteiger partial charge in [0.05, 0.1) is 5.69 Å². The van der Waals surface area contributed by atoms with E-state index in [0.717, 1.165) is 22.3 Å². The second-order valence-electron chi connectivity index (χ2n) is 7.17. The van der Waals surface area contributed by atoms with E-state index in [9.17, 15) is 9.18 Å². The van der Waals surface area contributed by atoms with Crippen LogP contribution in [0.2, 0.25) is 0 Å². The molecule has 0 spiro atoms. The quantitative estimate of drug-likeness (QED) is 0.505. The number of halogens is 1. The third-order valence-electron chi connectivity index (χ3n) is 4.99. The van der Waals surface area contributed by atoms with Crippen LogP contribution in [0.5, 0.6) is 5.75 Å². The van der Waals surface area contributed by atoms with Crippen molar-refractivity contribution in [1.82, 2.24) is 19.8 Å². The summed E-state index contributed by atoms with van der Waals surface area (Å²) in [7, 11) is 1.54. The minimum absolute atomic E-state index is 0.198. The number of hydrogen-bond donors (Lipinski definition) is 0. The molecule has 3 aromatic carbocycles. The first-order valence-electron chi connectivity index (χ1n) is 9.51. The Morgan fingerprint density at radius 1 is 1.00 bits per heavy atom. The lowest BCUT2D eigenvalue weighted by molar-refractivity contribution is 0.304. The molecular weight excluding hydrogens is 383 g/mol. The van der Waals surface area contributed by atoms with Crippen LogP contribution in [0, 0.1) is 19.7 Å². The Kier molecular flexibility index (Phi) is 5.18. The average molecular weight is 404 g/mol. The predicted octanol–water partition coefficient (Wildman–Crippen LogP) is 3.97. The summed E-state index contributed by atoms with van der Waals surface area (Å²) in [5.41, 5.74) is 4.34. The van der Waals surface area contributed by atoms with Crippen LogP contribution >= 0.6 is 0 Å². The van der Waals surface area contributed by atoms with Gasteiger partial charge in [0, 0.05) is 18.2 Å². The Hall–Kier alpha value is -3.74. The van der Waals surface area contributed by atoms with Crippen molar-refractivity contribution in [3.8, 4) is 22.6 Å². The van der Waals surface area contributed by atoms with Crippen LogP contribution < -0.4 is 10.4 Å². The van der Waals surface area contributed by atoms with Gasteiger partial charge in [0.25, 0.3) is 0 Å². The molecule has 6 nitrogen and oxygen atoms in total. The molecule has 0 saturated heterocycles. The molecule has 0 fully saturated rings. The standard InChI is InChI=1S/C23H21FN4O2/c1-15-6-4-8-17(12-15)19-13-18(10-11-21(19)24)30-14-20-16(2)7-5-9-22(20)28-23(29)27(3)25-26-28/h4-13H,14H2,1-3H3. The Labute approximate surface area is 173 Å². The Morgan fingerprint density at radius 3 is 2.53 bits per heavy atom. The van der Waals surface area contributed by atoms with Gasteiger partial charge in [-0.2, -0.15) is 9.36 Å². The molecule has 152 valence electrons. The fourth-order valence-electron chi connectivity index (χ4n) is 3.32. The first-order valence-corrected chi connectivity index (χ1v) is 9.51. The number of aryl methyl sites for hydroxylation is 3. The molecule has 30 heavy (non-hydrogen) atoms. The van der Waals surface area contributed by atoms with Crippen molar-refractivity contribution >= 4 is 0 Å². The third-order valence-corrected chi connectivity index (χ3v) is 4.99. The highest BCUT2D eigenvalue weighted by Gasteiger charge is 2.14. The zero-order valence-corrected chi connectivity index (χ0v) is 17.0. The van der Waals surface area contributed by atoms with E-state index in [1.807, 2.05) is 50.2 Å². The summed E-state index contributed by atoms with van der Waals surface area (Å²) in [5.74, 6) is 0.226. The minimum Gasteiger partial charge on any atom is -0.489 e. The van der Waals surface area contributed by atoms with Gasteiger partial charge in [-0.3, -0.25) is 0 Å². The number of rotatable bonds is 5. The number of nitrogens with zero attached hydrogens (tertiary/aromatic N) is 4. The van der Waals surface area contributed by atoms with E-state index in [2.05, 4.69) is 10.4 Å². The molecule has 0 unspecified atom stereocenters. The lowest BCUT2D eigenvalue weighted by atomic mass is 10.0. The molecule has 7 heteroatoms. The molecule has 0 N–H and O–H groups in total. The van der Waals surface area contributed by atoms with Gasteiger partial charge in [0.1, 0.15) is 18.2 Å². The van der Waals surface area contributed by atoms with Crippen molar-refractivity contribution in [1.29, 1.82) is 0 Å². The molecule has 4 rings (SSSR count). The summed E-state index contributed by atoms with van der Waals surface area (Å²) in [6.07, 6.45) is 0. The van der Waals surface area contributed by atoms with E-state index in [0.29, 0.717) is 17.0 Å². The minimum atomic E-state index is -0.342. The van der Waals surface area contributed by atoms with E-state index in [-0.39, 0.29) is 18.1 Å². The van der Waals surface area contributed by atoms with Gasteiger partial charge in [0.2, 0.25) is 0 Å². The molecule has 0 bridgehead atoms. The third kappa shape index (κ3) is 3.74. The molecular formula is C23H21FN4O2. The first kappa shape index (κ1) is 19.6. The van der Waals surface area contributed by atoms with Crippen LogP contribution in [0.15, 0.2) is 65.5 Å². The van der Waals surface area contributed by atoms with E-state index in [4.69, 9.17) is 4.74 Å². The molecule has 0 aliphatic rings. The fraction of sp³-hybridized carbons (Fsp3) is 0.174. The monoisotopic (exact) mass is 404 g/mol. The van der Waals surface area contributed by atoms with E-state index >= 15 is 0 Å². The molecule has 0 aliphatic heterocycles. The lowest BCUT2D eigenvalue weighted by Crippen LogP contribution is -2.23. The van der Waals surface area contributed by atoms with Gasteiger partial charge in [0.15, 0.2) is 0 Å². The van der Waals surface area contributed by atoms with Crippen molar-refractivity contribution in [2.45, 2.75) is 20.5 Å². The summed E-state index contributed by atoms with van der Waals surface area (Å²) >= 11 is 0. The second kappa shape index (κ2) is 7.94. The number of hydrogen-bond acceptors (Lipinski definition) is 4. The summed E-state index contributed by atoms with van der Waals surface area (Å²) in [4.78, 5) is 12.3. The fourth-order valence-corrected chi connectivity index (χ4v) is 3.32. The molecule has 4 aromatic rings. The van der Waals surface area contributed by atoms with Crippen LogP contribution in [0.1, 0.15) is 16.7 Å². The Balaban J connectivity index is 1.66. The molecule has 0 radical (unpaired) electrons. The normalized spacial score (nSPS) is 10.9. The largest absolute Gasteiger partial charge is 0.489 e. The number of benzene rings is 3.